The van der Waals surface area contributed by atoms with E-state index in [1.54, 1.807) is 19.1 Å². The molecule has 0 aliphatic heterocycles. The Balaban J connectivity index is 1.86. The lowest BCUT2D eigenvalue weighted by Crippen LogP contribution is -2.12. The van der Waals surface area contributed by atoms with Crippen LogP contribution in [0.5, 0.6) is 0 Å². The second-order valence-electron chi connectivity index (χ2n) is 6.97. The van der Waals surface area contributed by atoms with Crippen molar-refractivity contribution in [2.24, 2.45) is 0 Å². The van der Waals surface area contributed by atoms with Crippen molar-refractivity contribution in [3.63, 3.8) is 0 Å². The third-order valence-electron chi connectivity index (χ3n) is 4.82. The Bertz CT molecular complexity index is 1200. The summed E-state index contributed by atoms with van der Waals surface area (Å²) in [6.45, 7) is 2.02. The standard InChI is InChI=1S/C26H21FN2O2S/c1-2-31-26(30)23-22(19-9-5-3-6-10-19)24(20-11-7-4-8-12-20)28-29-25(23)32-17-18-13-15-21(27)16-14-18/h3-16H,2,17H2,1H3. The Labute approximate surface area is 190 Å². The first-order chi connectivity index (χ1) is 15.7. The number of rotatable bonds is 7. The fourth-order valence-corrected chi connectivity index (χ4v) is 4.25. The fraction of sp³-hybridized carbons (Fsp3) is 0.115. The van der Waals surface area contributed by atoms with E-state index in [1.807, 2.05) is 60.7 Å². The van der Waals surface area contributed by atoms with Gasteiger partial charge in [-0.05, 0) is 30.2 Å². The van der Waals surface area contributed by atoms with Gasteiger partial charge < -0.3 is 4.74 Å². The summed E-state index contributed by atoms with van der Waals surface area (Å²) in [6.07, 6.45) is 0. The van der Waals surface area contributed by atoms with E-state index in [9.17, 15) is 9.18 Å². The maximum absolute atomic E-state index is 13.3. The molecule has 4 rings (SSSR count). The van der Waals surface area contributed by atoms with E-state index < -0.39 is 5.97 Å². The zero-order chi connectivity index (χ0) is 22.3. The van der Waals surface area contributed by atoms with E-state index >= 15 is 0 Å². The number of thioether (sulfide) groups is 1. The number of benzene rings is 3. The van der Waals surface area contributed by atoms with Crippen molar-refractivity contribution in [1.82, 2.24) is 10.2 Å². The van der Waals surface area contributed by atoms with E-state index in [4.69, 9.17) is 4.74 Å². The lowest BCUT2D eigenvalue weighted by molar-refractivity contribution is 0.0522. The molecule has 4 aromatic rings. The first-order valence-corrected chi connectivity index (χ1v) is 11.2. The van der Waals surface area contributed by atoms with Crippen molar-refractivity contribution < 1.29 is 13.9 Å². The number of hydrogen-bond acceptors (Lipinski definition) is 5. The van der Waals surface area contributed by atoms with Gasteiger partial charge in [0.15, 0.2) is 0 Å². The molecule has 0 spiro atoms. The number of carbonyl (C=O) groups is 1. The van der Waals surface area contributed by atoms with E-state index in [0.717, 1.165) is 16.7 Å². The van der Waals surface area contributed by atoms with Crippen molar-refractivity contribution >= 4 is 17.7 Å². The van der Waals surface area contributed by atoms with E-state index in [-0.39, 0.29) is 12.4 Å². The molecule has 160 valence electrons. The van der Waals surface area contributed by atoms with Gasteiger partial charge in [-0.1, -0.05) is 84.6 Å². The molecule has 0 saturated carbocycles. The maximum atomic E-state index is 13.3. The van der Waals surface area contributed by atoms with Gasteiger partial charge >= 0.3 is 5.97 Å². The number of ether oxygens (including phenoxy) is 1. The third-order valence-corrected chi connectivity index (χ3v) is 5.86. The zero-order valence-corrected chi connectivity index (χ0v) is 18.3. The molecule has 0 aliphatic carbocycles. The summed E-state index contributed by atoms with van der Waals surface area (Å²) in [7, 11) is 0. The minimum absolute atomic E-state index is 0.248. The van der Waals surface area contributed by atoms with Crippen LogP contribution in [0.4, 0.5) is 4.39 Å². The first kappa shape index (κ1) is 21.7. The third kappa shape index (κ3) is 4.86. The van der Waals surface area contributed by atoms with Gasteiger partial charge in [-0.3, -0.25) is 0 Å². The Morgan fingerprint density at radius 2 is 1.50 bits per heavy atom. The van der Waals surface area contributed by atoms with Crippen LogP contribution in [0.2, 0.25) is 0 Å². The van der Waals surface area contributed by atoms with Crippen LogP contribution in [-0.4, -0.2) is 22.8 Å². The molecule has 0 radical (unpaired) electrons. The Hall–Kier alpha value is -3.51. The summed E-state index contributed by atoms with van der Waals surface area (Å²) in [5.74, 6) is -0.218. The summed E-state index contributed by atoms with van der Waals surface area (Å²) in [6, 6.07) is 25.6. The molecule has 6 heteroatoms. The van der Waals surface area contributed by atoms with Crippen LogP contribution in [0.1, 0.15) is 22.8 Å². The fourth-order valence-electron chi connectivity index (χ4n) is 3.33. The molecule has 32 heavy (non-hydrogen) atoms. The molecule has 1 aromatic heterocycles. The number of halogens is 1. The number of nitrogens with zero attached hydrogens (tertiary/aromatic N) is 2. The number of hydrogen-bond donors (Lipinski definition) is 0. The van der Waals surface area contributed by atoms with Crippen molar-refractivity contribution in [1.29, 1.82) is 0 Å². The van der Waals surface area contributed by atoms with Crippen molar-refractivity contribution in [2.75, 3.05) is 6.61 Å². The molecule has 0 fully saturated rings. The molecule has 4 nitrogen and oxygen atoms in total. The lowest BCUT2D eigenvalue weighted by atomic mass is 9.96. The van der Waals surface area contributed by atoms with E-state index in [0.29, 0.717) is 27.6 Å². The van der Waals surface area contributed by atoms with Gasteiger partial charge in [-0.25, -0.2) is 9.18 Å². The largest absolute Gasteiger partial charge is 0.462 e. The van der Waals surface area contributed by atoms with Crippen molar-refractivity contribution in [3.8, 4) is 22.4 Å². The molecule has 0 aliphatic rings. The van der Waals surface area contributed by atoms with Crippen LogP contribution in [-0.2, 0) is 10.5 Å². The highest BCUT2D eigenvalue weighted by atomic mass is 32.2. The SMILES string of the molecule is CCOC(=O)c1c(SCc2ccc(F)cc2)nnc(-c2ccccc2)c1-c1ccccc1. The zero-order valence-electron chi connectivity index (χ0n) is 17.5. The van der Waals surface area contributed by atoms with Gasteiger partial charge in [0.25, 0.3) is 0 Å². The van der Waals surface area contributed by atoms with Crippen LogP contribution in [0.3, 0.4) is 0 Å². The normalized spacial score (nSPS) is 10.7. The van der Waals surface area contributed by atoms with Crippen molar-refractivity contribution in [3.05, 3.63) is 102 Å². The number of esters is 1. The highest BCUT2D eigenvalue weighted by Gasteiger charge is 2.25. The predicted octanol–water partition coefficient (Wildman–Crippen LogP) is 6.42. The Morgan fingerprint density at radius 1 is 0.875 bits per heavy atom. The highest BCUT2D eigenvalue weighted by Crippen LogP contribution is 2.38. The molecule has 0 amide bonds. The highest BCUT2D eigenvalue weighted by molar-refractivity contribution is 7.98. The molecule has 0 unspecified atom stereocenters. The average Bonchev–Trinajstić information content (AvgIpc) is 2.84. The Kier molecular flexibility index (Phi) is 6.92. The van der Waals surface area contributed by atoms with Gasteiger partial charge in [0.2, 0.25) is 0 Å². The molecule has 0 atom stereocenters. The summed E-state index contributed by atoms with van der Waals surface area (Å²) < 4.78 is 18.7. The molecule has 3 aromatic carbocycles. The van der Waals surface area contributed by atoms with Crippen molar-refractivity contribution in [2.45, 2.75) is 17.7 Å². The smallest absolute Gasteiger partial charge is 0.341 e. The van der Waals surface area contributed by atoms with Crippen LogP contribution in [0, 0.1) is 5.82 Å². The lowest BCUT2D eigenvalue weighted by Gasteiger charge is -2.16. The van der Waals surface area contributed by atoms with Gasteiger partial charge in [-0.2, -0.15) is 0 Å². The number of carbonyl (C=O) groups excluding carboxylic acids is 1. The molecular weight excluding hydrogens is 423 g/mol. The van der Waals surface area contributed by atoms with Gasteiger partial charge in [0.1, 0.15) is 22.1 Å². The van der Waals surface area contributed by atoms with E-state index in [1.165, 1.54) is 23.9 Å². The quantitative estimate of drug-likeness (QED) is 0.243. The van der Waals surface area contributed by atoms with Gasteiger partial charge in [0, 0.05) is 16.9 Å². The first-order valence-electron chi connectivity index (χ1n) is 10.2. The molecular formula is C26H21FN2O2S. The predicted molar refractivity (Wildman–Crippen MR) is 125 cm³/mol. The molecule has 0 N–H and O–H groups in total. The summed E-state index contributed by atoms with van der Waals surface area (Å²) in [5, 5.41) is 9.41. The van der Waals surface area contributed by atoms with Gasteiger partial charge in [-0.15, -0.1) is 10.2 Å². The molecule has 0 bridgehead atoms. The van der Waals surface area contributed by atoms with Gasteiger partial charge in [0.05, 0.1) is 6.61 Å². The second-order valence-corrected chi connectivity index (χ2v) is 7.94. The van der Waals surface area contributed by atoms with Crippen LogP contribution in [0.15, 0.2) is 90.0 Å². The topological polar surface area (TPSA) is 52.1 Å². The number of aromatic nitrogens is 2. The maximum Gasteiger partial charge on any atom is 0.341 e. The van der Waals surface area contributed by atoms with Crippen LogP contribution in [0.25, 0.3) is 22.4 Å². The molecule has 1 heterocycles. The second kappa shape index (κ2) is 10.2. The van der Waals surface area contributed by atoms with Crippen LogP contribution >= 0.6 is 11.8 Å². The van der Waals surface area contributed by atoms with Crippen LogP contribution < -0.4 is 0 Å². The minimum Gasteiger partial charge on any atom is -0.462 e. The monoisotopic (exact) mass is 444 g/mol. The Morgan fingerprint density at radius 3 is 2.12 bits per heavy atom. The summed E-state index contributed by atoms with van der Waals surface area (Å²) in [4.78, 5) is 13.1. The minimum atomic E-state index is -0.444. The summed E-state index contributed by atoms with van der Waals surface area (Å²) >= 11 is 1.38. The molecule has 0 saturated heterocycles. The summed E-state index contributed by atoms with van der Waals surface area (Å²) in [5.41, 5.74) is 4.32. The average molecular weight is 445 g/mol. The van der Waals surface area contributed by atoms with E-state index in [2.05, 4.69) is 10.2 Å².